The first-order valence-corrected chi connectivity index (χ1v) is 14.8. The van der Waals surface area contributed by atoms with Crippen LogP contribution in [0.25, 0.3) is 5.57 Å². The minimum atomic E-state index is -0.863. The van der Waals surface area contributed by atoms with Crippen LogP contribution in [-0.2, 0) is 6.42 Å². The summed E-state index contributed by atoms with van der Waals surface area (Å²) in [6, 6.07) is 12.6. The van der Waals surface area contributed by atoms with E-state index in [9.17, 15) is 8.78 Å². The van der Waals surface area contributed by atoms with E-state index in [-0.39, 0.29) is 5.75 Å². The molecule has 0 bridgehead atoms. The van der Waals surface area contributed by atoms with Crippen molar-refractivity contribution in [2.45, 2.75) is 90.4 Å². The predicted octanol–water partition coefficient (Wildman–Crippen LogP) is 10.4. The van der Waals surface area contributed by atoms with Crippen molar-refractivity contribution >= 4 is 5.57 Å². The first kappa shape index (κ1) is 28.3. The van der Waals surface area contributed by atoms with Gasteiger partial charge in [-0.05, 0) is 118 Å². The zero-order valence-electron chi connectivity index (χ0n) is 23.2. The van der Waals surface area contributed by atoms with Gasteiger partial charge in [0.2, 0.25) is 5.82 Å². The lowest BCUT2D eigenvalue weighted by atomic mass is 9.77. The molecule has 2 aromatic rings. The van der Waals surface area contributed by atoms with Gasteiger partial charge in [-0.2, -0.15) is 4.39 Å². The molecule has 0 heterocycles. The Kier molecular flexibility index (Phi) is 10.8. The van der Waals surface area contributed by atoms with Crippen LogP contribution >= 0.6 is 0 Å². The molecule has 0 radical (unpaired) electrons. The molecule has 2 aliphatic carbocycles. The Morgan fingerprint density at radius 3 is 2.34 bits per heavy atom. The fraction of sp³-hybridized carbons (Fsp3) is 0.486. The predicted molar refractivity (Wildman–Crippen MR) is 155 cm³/mol. The van der Waals surface area contributed by atoms with Gasteiger partial charge < -0.3 is 4.74 Å². The SMILES string of the molecule is CC=CCCc1ccc(C2CCC(C=CC3CC=C(c4ccc(OCCCC)c(F)c4F)CC3)CC2)cc1. The highest BCUT2D eigenvalue weighted by Gasteiger charge is 2.23. The second-order valence-electron chi connectivity index (χ2n) is 11.1. The third-order valence-electron chi connectivity index (χ3n) is 8.31. The van der Waals surface area contributed by atoms with Crippen LogP contribution in [-0.4, -0.2) is 6.61 Å². The molecule has 0 amide bonds. The van der Waals surface area contributed by atoms with Gasteiger partial charge in [0.05, 0.1) is 6.61 Å². The Morgan fingerprint density at radius 1 is 0.895 bits per heavy atom. The molecule has 2 aliphatic rings. The van der Waals surface area contributed by atoms with Crippen molar-refractivity contribution in [1.82, 2.24) is 0 Å². The lowest BCUT2D eigenvalue weighted by molar-refractivity contribution is 0.288. The fourth-order valence-electron chi connectivity index (χ4n) is 5.82. The molecule has 0 N–H and O–H groups in total. The molecule has 0 saturated heterocycles. The van der Waals surface area contributed by atoms with Gasteiger partial charge in [-0.1, -0.05) is 68.0 Å². The summed E-state index contributed by atoms with van der Waals surface area (Å²) in [4.78, 5) is 0. The van der Waals surface area contributed by atoms with E-state index in [0.717, 1.165) is 50.5 Å². The van der Waals surface area contributed by atoms with E-state index < -0.39 is 11.6 Å². The number of hydrogen-bond acceptors (Lipinski definition) is 1. The molecular formula is C35H44F2O. The van der Waals surface area contributed by atoms with E-state index in [1.807, 2.05) is 6.92 Å². The summed E-state index contributed by atoms with van der Waals surface area (Å²) in [6.45, 7) is 4.53. The molecule has 1 unspecified atom stereocenters. The van der Waals surface area contributed by atoms with E-state index in [1.165, 1.54) is 36.8 Å². The van der Waals surface area contributed by atoms with Crippen molar-refractivity contribution in [1.29, 1.82) is 0 Å². The van der Waals surface area contributed by atoms with Crippen molar-refractivity contribution in [2.24, 2.45) is 11.8 Å². The lowest BCUT2D eigenvalue weighted by Gasteiger charge is -2.28. The van der Waals surface area contributed by atoms with Gasteiger partial charge in [-0.3, -0.25) is 0 Å². The van der Waals surface area contributed by atoms with Crippen molar-refractivity contribution in [3.63, 3.8) is 0 Å². The first-order chi connectivity index (χ1) is 18.6. The number of rotatable bonds is 11. The topological polar surface area (TPSA) is 9.23 Å². The molecule has 1 atom stereocenters. The Balaban J connectivity index is 1.24. The number of hydrogen-bond donors (Lipinski definition) is 0. The maximum Gasteiger partial charge on any atom is 0.201 e. The average molecular weight is 519 g/mol. The lowest BCUT2D eigenvalue weighted by Crippen LogP contribution is -2.12. The number of benzene rings is 2. The van der Waals surface area contributed by atoms with Crippen LogP contribution in [0.4, 0.5) is 8.78 Å². The van der Waals surface area contributed by atoms with Crippen LogP contribution in [0.1, 0.15) is 101 Å². The van der Waals surface area contributed by atoms with Gasteiger partial charge in [0, 0.05) is 5.56 Å². The van der Waals surface area contributed by atoms with E-state index in [1.54, 1.807) is 12.1 Å². The van der Waals surface area contributed by atoms with Crippen LogP contribution in [0.3, 0.4) is 0 Å². The third-order valence-corrected chi connectivity index (χ3v) is 8.31. The minimum absolute atomic E-state index is 0.0173. The highest BCUT2D eigenvalue weighted by Crippen LogP contribution is 2.38. The molecule has 204 valence electrons. The highest BCUT2D eigenvalue weighted by atomic mass is 19.2. The van der Waals surface area contributed by atoms with Gasteiger partial charge in [0.25, 0.3) is 0 Å². The van der Waals surface area contributed by atoms with E-state index in [0.29, 0.717) is 29.9 Å². The second kappa shape index (κ2) is 14.5. The molecule has 3 heteroatoms. The molecule has 38 heavy (non-hydrogen) atoms. The largest absolute Gasteiger partial charge is 0.490 e. The number of ether oxygens (including phenoxy) is 1. The summed E-state index contributed by atoms with van der Waals surface area (Å²) >= 11 is 0. The average Bonchev–Trinajstić information content (AvgIpc) is 2.96. The van der Waals surface area contributed by atoms with Gasteiger partial charge in [-0.15, -0.1) is 0 Å². The number of halogens is 2. The summed E-state index contributed by atoms with van der Waals surface area (Å²) in [7, 11) is 0. The fourth-order valence-corrected chi connectivity index (χ4v) is 5.82. The first-order valence-electron chi connectivity index (χ1n) is 14.8. The van der Waals surface area contributed by atoms with Crippen molar-refractivity contribution in [3.05, 3.63) is 95.1 Å². The number of aryl methyl sites for hydroxylation is 1. The summed E-state index contributed by atoms with van der Waals surface area (Å²) in [6.07, 6.45) is 22.9. The number of unbranched alkanes of at least 4 members (excludes halogenated alkanes) is 1. The molecule has 0 aromatic heterocycles. The standard InChI is InChI=1S/C35H44F2O/c1-3-5-7-8-26-11-17-29(18-12-26)30-19-13-27(14-20-30)9-10-28-15-21-31(22-16-28)32-23-24-33(35(37)34(32)36)38-25-6-4-2/h3,5,9-12,17-18,21,23-24,27-28,30H,4,6-8,13-16,19-20,22,25H2,1-2H3. The Labute approximate surface area is 228 Å². The zero-order chi connectivity index (χ0) is 26.7. The van der Waals surface area contributed by atoms with Gasteiger partial charge in [0.15, 0.2) is 11.6 Å². The van der Waals surface area contributed by atoms with Gasteiger partial charge in [-0.25, -0.2) is 4.39 Å². The quantitative estimate of drug-likeness (QED) is 0.212. The molecule has 1 fully saturated rings. The van der Waals surface area contributed by atoms with E-state index in [2.05, 4.69) is 61.6 Å². The van der Waals surface area contributed by atoms with Crippen LogP contribution in [0.15, 0.2) is 66.8 Å². The Morgan fingerprint density at radius 2 is 1.66 bits per heavy atom. The second-order valence-corrected chi connectivity index (χ2v) is 11.1. The maximum absolute atomic E-state index is 14.8. The summed E-state index contributed by atoms with van der Waals surface area (Å²) in [5.74, 6) is 0.197. The molecule has 1 saturated carbocycles. The van der Waals surface area contributed by atoms with Crippen LogP contribution < -0.4 is 4.74 Å². The zero-order valence-corrected chi connectivity index (χ0v) is 23.2. The molecular weight excluding hydrogens is 474 g/mol. The molecule has 1 nitrogen and oxygen atoms in total. The summed E-state index contributed by atoms with van der Waals surface area (Å²) in [5, 5.41) is 0. The maximum atomic E-state index is 14.8. The molecule has 2 aromatic carbocycles. The van der Waals surface area contributed by atoms with E-state index in [4.69, 9.17) is 4.74 Å². The van der Waals surface area contributed by atoms with Crippen LogP contribution in [0.2, 0.25) is 0 Å². The van der Waals surface area contributed by atoms with Crippen molar-refractivity contribution in [3.8, 4) is 5.75 Å². The normalized spacial score (nSPS) is 22.2. The molecule has 0 spiro atoms. The third kappa shape index (κ3) is 7.68. The van der Waals surface area contributed by atoms with Gasteiger partial charge >= 0.3 is 0 Å². The monoisotopic (exact) mass is 518 g/mol. The van der Waals surface area contributed by atoms with Gasteiger partial charge in [0.1, 0.15) is 0 Å². The Hall–Kier alpha value is -2.68. The molecule has 0 aliphatic heterocycles. The van der Waals surface area contributed by atoms with Crippen LogP contribution in [0.5, 0.6) is 5.75 Å². The molecule has 4 rings (SSSR count). The Bertz CT molecular complexity index is 1100. The highest BCUT2D eigenvalue weighted by molar-refractivity contribution is 5.67. The number of allylic oxidation sites excluding steroid dienone is 6. The smallest absolute Gasteiger partial charge is 0.201 e. The summed E-state index contributed by atoms with van der Waals surface area (Å²) in [5.41, 5.74) is 4.22. The summed E-state index contributed by atoms with van der Waals surface area (Å²) < 4.78 is 34.7. The van der Waals surface area contributed by atoms with Crippen LogP contribution in [0, 0.1) is 23.5 Å². The van der Waals surface area contributed by atoms with Crippen molar-refractivity contribution < 1.29 is 13.5 Å². The van der Waals surface area contributed by atoms with Crippen molar-refractivity contribution in [2.75, 3.05) is 6.61 Å². The van der Waals surface area contributed by atoms with E-state index >= 15 is 0 Å². The minimum Gasteiger partial charge on any atom is -0.490 e.